The Morgan fingerprint density at radius 2 is 1.91 bits per heavy atom. The van der Waals surface area contributed by atoms with Crippen LogP contribution in [-0.2, 0) is 6.42 Å². The first-order chi connectivity index (χ1) is 16.4. The Bertz CT molecular complexity index is 1290. The second kappa shape index (κ2) is 10.2. The number of carbonyl (C=O) groups is 1. The molecule has 8 nitrogen and oxygen atoms in total. The monoisotopic (exact) mass is 503 g/mol. The number of anilines is 1. The fourth-order valence-electron chi connectivity index (χ4n) is 2.96. The van der Waals surface area contributed by atoms with Gasteiger partial charge in [0.25, 0.3) is 11.8 Å². The van der Waals surface area contributed by atoms with Crippen molar-refractivity contribution in [1.29, 1.82) is 0 Å². The van der Waals surface area contributed by atoms with Crippen molar-refractivity contribution in [2.24, 2.45) is 0 Å². The van der Waals surface area contributed by atoms with E-state index in [1.807, 2.05) is 19.6 Å². The minimum Gasteiger partial charge on any atom is -0.491 e. The molecule has 3 rings (SSSR count). The van der Waals surface area contributed by atoms with Crippen molar-refractivity contribution >= 4 is 19.7 Å². The molecule has 35 heavy (non-hydrogen) atoms. The molecule has 0 atom stereocenters. The van der Waals surface area contributed by atoms with Crippen LogP contribution in [0.1, 0.15) is 21.7 Å². The standard InChI is InChI=1S/C23H24F3N5O3Si/c1-33-20-10-14(12-27-22(20)34-2)16-7-6-15(17(29-16)8-9-35(3,4)5)21(32)30-19-13-28-31-18(19)11-23(24,25)26/h6-7,10,12-13H,11H2,1-5H3,(H,28,31)(H,30,32). The third-order valence-corrected chi connectivity index (χ3v) is 5.44. The van der Waals surface area contributed by atoms with Gasteiger partial charge in [-0.15, -0.1) is 5.54 Å². The summed E-state index contributed by atoms with van der Waals surface area (Å²) in [5.74, 6) is 3.04. The summed E-state index contributed by atoms with van der Waals surface area (Å²) in [6.07, 6.45) is -3.04. The number of alkyl halides is 3. The number of nitrogens with one attached hydrogen (secondary N) is 2. The molecule has 184 valence electrons. The van der Waals surface area contributed by atoms with Gasteiger partial charge in [0.05, 0.1) is 49.5 Å². The van der Waals surface area contributed by atoms with Crippen LogP contribution in [0.5, 0.6) is 11.6 Å². The van der Waals surface area contributed by atoms with Gasteiger partial charge in [-0.2, -0.15) is 18.3 Å². The van der Waals surface area contributed by atoms with E-state index in [0.29, 0.717) is 22.9 Å². The van der Waals surface area contributed by atoms with E-state index in [9.17, 15) is 18.0 Å². The normalized spacial score (nSPS) is 11.4. The lowest BCUT2D eigenvalue weighted by molar-refractivity contribution is -0.127. The van der Waals surface area contributed by atoms with Gasteiger partial charge in [-0.1, -0.05) is 25.6 Å². The Labute approximate surface area is 201 Å². The molecule has 0 aliphatic heterocycles. The molecular weight excluding hydrogens is 479 g/mol. The fraction of sp³-hybridized carbons (Fsp3) is 0.304. The number of aromatic amines is 1. The molecular formula is C23H24F3N5O3Si. The second-order valence-corrected chi connectivity index (χ2v) is 13.3. The lowest BCUT2D eigenvalue weighted by Gasteiger charge is -2.11. The summed E-state index contributed by atoms with van der Waals surface area (Å²) in [6, 6.07) is 4.81. The van der Waals surface area contributed by atoms with Crippen LogP contribution >= 0.6 is 0 Å². The predicted octanol–water partition coefficient (Wildman–Crippen LogP) is 4.47. The van der Waals surface area contributed by atoms with Crippen LogP contribution < -0.4 is 14.8 Å². The molecule has 3 heterocycles. The van der Waals surface area contributed by atoms with E-state index in [4.69, 9.17) is 9.47 Å². The van der Waals surface area contributed by atoms with Crippen LogP contribution in [-0.4, -0.2) is 54.5 Å². The molecule has 0 spiro atoms. The molecule has 0 radical (unpaired) electrons. The minimum atomic E-state index is -4.46. The number of amides is 1. The summed E-state index contributed by atoms with van der Waals surface area (Å²) in [5.41, 5.74) is 4.26. The molecule has 0 saturated heterocycles. The molecule has 0 aromatic carbocycles. The molecule has 0 unspecified atom stereocenters. The third-order valence-electron chi connectivity index (χ3n) is 4.57. The topological polar surface area (TPSA) is 102 Å². The van der Waals surface area contributed by atoms with Crippen molar-refractivity contribution in [1.82, 2.24) is 20.2 Å². The molecule has 2 N–H and O–H groups in total. The number of methoxy groups -OCH3 is 2. The van der Waals surface area contributed by atoms with Crippen molar-refractivity contribution in [2.75, 3.05) is 19.5 Å². The molecule has 3 aromatic rings. The lowest BCUT2D eigenvalue weighted by Crippen LogP contribution is -2.19. The van der Waals surface area contributed by atoms with E-state index in [0.717, 1.165) is 6.20 Å². The Morgan fingerprint density at radius 1 is 1.17 bits per heavy atom. The van der Waals surface area contributed by atoms with Crippen molar-refractivity contribution in [3.63, 3.8) is 0 Å². The molecule has 1 amide bonds. The summed E-state index contributed by atoms with van der Waals surface area (Å²) in [4.78, 5) is 21.8. The number of pyridine rings is 2. The highest BCUT2D eigenvalue weighted by molar-refractivity contribution is 6.83. The number of H-pyrrole nitrogens is 1. The predicted molar refractivity (Wildman–Crippen MR) is 127 cm³/mol. The number of aromatic nitrogens is 4. The van der Waals surface area contributed by atoms with Crippen molar-refractivity contribution in [3.05, 3.63) is 47.5 Å². The SMILES string of the molecule is COc1cc(-c2ccc(C(=O)Nc3cn[nH]c3CC(F)(F)F)c(C#C[Si](C)(C)C)n2)cnc1OC. The maximum Gasteiger partial charge on any atom is 0.394 e. The zero-order valence-electron chi connectivity index (χ0n) is 19.8. The van der Waals surface area contributed by atoms with Gasteiger partial charge in [-0.05, 0) is 18.2 Å². The van der Waals surface area contributed by atoms with Crippen molar-refractivity contribution in [3.8, 4) is 34.4 Å². The Hall–Kier alpha value is -3.85. The molecule has 0 fully saturated rings. The number of carbonyl (C=O) groups excluding carboxylic acids is 1. The van der Waals surface area contributed by atoms with Crippen LogP contribution in [0.4, 0.5) is 18.9 Å². The van der Waals surface area contributed by atoms with Crippen LogP contribution in [0.15, 0.2) is 30.6 Å². The summed E-state index contributed by atoms with van der Waals surface area (Å²) >= 11 is 0. The summed E-state index contributed by atoms with van der Waals surface area (Å²) < 4.78 is 49.0. The van der Waals surface area contributed by atoms with E-state index in [1.54, 1.807) is 18.3 Å². The average Bonchev–Trinajstić information content (AvgIpc) is 3.21. The fourth-order valence-corrected chi connectivity index (χ4v) is 3.46. The molecule has 0 aliphatic carbocycles. The van der Waals surface area contributed by atoms with Crippen LogP contribution in [0.3, 0.4) is 0 Å². The molecule has 0 bridgehead atoms. The molecule has 3 aromatic heterocycles. The molecule has 0 aliphatic rings. The highest BCUT2D eigenvalue weighted by Crippen LogP contribution is 2.30. The quantitative estimate of drug-likeness (QED) is 0.380. The van der Waals surface area contributed by atoms with Crippen LogP contribution in [0.25, 0.3) is 11.3 Å². The van der Waals surface area contributed by atoms with E-state index in [1.165, 1.54) is 20.3 Å². The minimum absolute atomic E-state index is 0.0652. The van der Waals surface area contributed by atoms with Crippen molar-refractivity contribution in [2.45, 2.75) is 32.2 Å². The van der Waals surface area contributed by atoms with E-state index in [2.05, 4.69) is 36.9 Å². The van der Waals surface area contributed by atoms with Crippen LogP contribution in [0.2, 0.25) is 19.6 Å². The van der Waals surface area contributed by atoms with Crippen LogP contribution in [0, 0.1) is 11.5 Å². The number of ether oxygens (including phenoxy) is 2. The van der Waals surface area contributed by atoms with Gasteiger partial charge < -0.3 is 14.8 Å². The Morgan fingerprint density at radius 3 is 2.54 bits per heavy atom. The van der Waals surface area contributed by atoms with E-state index in [-0.39, 0.29) is 22.6 Å². The van der Waals surface area contributed by atoms with E-state index < -0.39 is 26.6 Å². The number of nitrogens with zero attached hydrogens (tertiary/aromatic N) is 3. The lowest BCUT2D eigenvalue weighted by atomic mass is 10.1. The largest absolute Gasteiger partial charge is 0.491 e. The van der Waals surface area contributed by atoms with Crippen molar-refractivity contribution < 1.29 is 27.4 Å². The zero-order valence-corrected chi connectivity index (χ0v) is 20.8. The highest BCUT2D eigenvalue weighted by atomic mass is 28.3. The maximum atomic E-state index is 13.0. The summed E-state index contributed by atoms with van der Waals surface area (Å²) in [5, 5.41) is 8.38. The van der Waals surface area contributed by atoms with Gasteiger partial charge in [0.1, 0.15) is 13.8 Å². The average molecular weight is 504 g/mol. The summed E-state index contributed by atoms with van der Waals surface area (Å²) in [6.45, 7) is 6.12. The maximum absolute atomic E-state index is 13.0. The summed E-state index contributed by atoms with van der Waals surface area (Å²) in [7, 11) is 1.11. The van der Waals surface area contributed by atoms with Gasteiger partial charge in [-0.25, -0.2) is 9.97 Å². The highest BCUT2D eigenvalue weighted by Gasteiger charge is 2.30. The van der Waals surface area contributed by atoms with Gasteiger partial charge >= 0.3 is 6.18 Å². The third kappa shape index (κ3) is 6.83. The first-order valence-corrected chi connectivity index (χ1v) is 13.9. The Balaban J connectivity index is 2.01. The first kappa shape index (κ1) is 25.8. The van der Waals surface area contributed by atoms with Gasteiger partial charge in [0, 0.05) is 11.8 Å². The Kier molecular flexibility index (Phi) is 7.50. The molecule has 12 heteroatoms. The van der Waals surface area contributed by atoms with Gasteiger partial charge in [0.15, 0.2) is 5.75 Å². The smallest absolute Gasteiger partial charge is 0.394 e. The number of hydrogen-bond acceptors (Lipinski definition) is 6. The van der Waals surface area contributed by atoms with Gasteiger partial charge in [0.2, 0.25) is 0 Å². The van der Waals surface area contributed by atoms with E-state index >= 15 is 0 Å². The molecule has 0 saturated carbocycles. The first-order valence-electron chi connectivity index (χ1n) is 10.4. The number of halogens is 3. The van der Waals surface area contributed by atoms with Gasteiger partial charge in [-0.3, -0.25) is 9.89 Å². The zero-order chi connectivity index (χ0) is 25.8. The second-order valence-electron chi connectivity index (χ2n) is 8.54. The number of hydrogen-bond donors (Lipinski definition) is 2. The number of rotatable bonds is 6.